The van der Waals surface area contributed by atoms with Crippen molar-refractivity contribution in [1.29, 1.82) is 0 Å². The summed E-state index contributed by atoms with van der Waals surface area (Å²) in [5.41, 5.74) is 0. The molecule has 0 saturated heterocycles. The van der Waals surface area contributed by atoms with Crippen LogP contribution in [0.2, 0.25) is 0 Å². The molecule has 0 aromatic rings. The Labute approximate surface area is 82.9 Å². The molecule has 1 fully saturated rings. The third-order valence-electron chi connectivity index (χ3n) is 3.49. The highest BCUT2D eigenvalue weighted by Crippen LogP contribution is 2.34. The molecule has 1 rings (SSSR count). The monoisotopic (exact) mass is 184 g/mol. The number of rotatable bonds is 3. The lowest BCUT2D eigenvalue weighted by atomic mass is 9.76. The molecule has 0 radical (unpaired) electrons. The third kappa shape index (κ3) is 2.98. The zero-order valence-corrected chi connectivity index (χ0v) is 9.55. The summed E-state index contributed by atoms with van der Waals surface area (Å²) in [5.74, 6) is 2.50. The van der Waals surface area contributed by atoms with Gasteiger partial charge in [0.1, 0.15) is 0 Å². The van der Waals surface area contributed by atoms with Gasteiger partial charge in [-0.15, -0.1) is 0 Å². The molecule has 78 valence electrons. The van der Waals surface area contributed by atoms with Crippen molar-refractivity contribution in [3.63, 3.8) is 0 Å². The SMILES string of the molecule is CCO[C@H]1CC(C(C)C)CCC1C. The van der Waals surface area contributed by atoms with E-state index in [1.54, 1.807) is 0 Å². The summed E-state index contributed by atoms with van der Waals surface area (Å²) in [5, 5.41) is 0. The molecule has 0 aliphatic heterocycles. The summed E-state index contributed by atoms with van der Waals surface area (Å²) < 4.78 is 5.78. The topological polar surface area (TPSA) is 9.23 Å². The molecule has 0 spiro atoms. The summed E-state index contributed by atoms with van der Waals surface area (Å²) in [6, 6.07) is 0. The molecule has 0 amide bonds. The van der Waals surface area contributed by atoms with Gasteiger partial charge in [0.2, 0.25) is 0 Å². The van der Waals surface area contributed by atoms with Gasteiger partial charge in [-0.05, 0) is 43.9 Å². The smallest absolute Gasteiger partial charge is 0.0603 e. The second-order valence-electron chi connectivity index (χ2n) is 4.79. The highest BCUT2D eigenvalue weighted by Gasteiger charge is 2.29. The van der Waals surface area contributed by atoms with Crippen molar-refractivity contribution in [2.24, 2.45) is 17.8 Å². The Balaban J connectivity index is 2.42. The van der Waals surface area contributed by atoms with Crippen LogP contribution in [0, 0.1) is 17.8 Å². The minimum Gasteiger partial charge on any atom is -0.378 e. The molecule has 1 aliphatic rings. The third-order valence-corrected chi connectivity index (χ3v) is 3.49. The average molecular weight is 184 g/mol. The maximum absolute atomic E-state index is 5.78. The molecule has 1 saturated carbocycles. The van der Waals surface area contributed by atoms with Gasteiger partial charge >= 0.3 is 0 Å². The molecule has 0 heterocycles. The number of ether oxygens (including phenoxy) is 1. The van der Waals surface area contributed by atoms with Crippen LogP contribution < -0.4 is 0 Å². The van der Waals surface area contributed by atoms with E-state index in [9.17, 15) is 0 Å². The highest BCUT2D eigenvalue weighted by molar-refractivity contribution is 4.79. The van der Waals surface area contributed by atoms with Crippen molar-refractivity contribution < 1.29 is 4.74 Å². The standard InChI is InChI=1S/C12H24O/c1-5-13-12-8-11(9(2)3)7-6-10(12)4/h9-12H,5-8H2,1-4H3/t10?,11?,12-/m0/s1. The van der Waals surface area contributed by atoms with Gasteiger partial charge in [0.05, 0.1) is 6.10 Å². The van der Waals surface area contributed by atoms with E-state index in [1.807, 2.05) is 0 Å². The van der Waals surface area contributed by atoms with Gasteiger partial charge in [-0.2, -0.15) is 0 Å². The van der Waals surface area contributed by atoms with Crippen molar-refractivity contribution in [1.82, 2.24) is 0 Å². The van der Waals surface area contributed by atoms with Gasteiger partial charge in [-0.25, -0.2) is 0 Å². The Kier molecular flexibility index (Phi) is 4.24. The molecule has 0 aromatic heterocycles. The van der Waals surface area contributed by atoms with E-state index in [1.165, 1.54) is 19.3 Å². The predicted molar refractivity (Wildman–Crippen MR) is 56.8 cm³/mol. The molecule has 1 nitrogen and oxygen atoms in total. The zero-order valence-electron chi connectivity index (χ0n) is 9.55. The molecule has 0 bridgehead atoms. The number of hydrogen-bond donors (Lipinski definition) is 0. The molecule has 1 heteroatoms. The van der Waals surface area contributed by atoms with Crippen LogP contribution in [-0.2, 0) is 4.74 Å². The highest BCUT2D eigenvalue weighted by atomic mass is 16.5. The van der Waals surface area contributed by atoms with Gasteiger partial charge in [-0.1, -0.05) is 20.8 Å². The first-order chi connectivity index (χ1) is 6.15. The molecule has 0 aromatic carbocycles. The van der Waals surface area contributed by atoms with Gasteiger partial charge in [0.15, 0.2) is 0 Å². The van der Waals surface area contributed by atoms with Crippen molar-refractivity contribution in [3.05, 3.63) is 0 Å². The van der Waals surface area contributed by atoms with Crippen LogP contribution in [-0.4, -0.2) is 12.7 Å². The minimum atomic E-state index is 0.533. The minimum absolute atomic E-state index is 0.533. The van der Waals surface area contributed by atoms with Crippen LogP contribution >= 0.6 is 0 Å². The molecule has 3 atom stereocenters. The van der Waals surface area contributed by atoms with Gasteiger partial charge in [0.25, 0.3) is 0 Å². The quantitative estimate of drug-likeness (QED) is 0.652. The Morgan fingerprint density at radius 1 is 1.31 bits per heavy atom. The Morgan fingerprint density at radius 2 is 2.00 bits per heavy atom. The van der Waals surface area contributed by atoms with E-state index >= 15 is 0 Å². The summed E-state index contributed by atoms with van der Waals surface area (Å²) in [6.07, 6.45) is 4.58. The molecular weight excluding hydrogens is 160 g/mol. The second kappa shape index (κ2) is 4.99. The first-order valence-electron chi connectivity index (χ1n) is 5.76. The van der Waals surface area contributed by atoms with E-state index in [4.69, 9.17) is 4.74 Å². The van der Waals surface area contributed by atoms with E-state index < -0.39 is 0 Å². The van der Waals surface area contributed by atoms with Crippen LogP contribution in [0.25, 0.3) is 0 Å². The molecule has 1 aliphatic carbocycles. The lowest BCUT2D eigenvalue weighted by molar-refractivity contribution is -0.0211. The van der Waals surface area contributed by atoms with Crippen LogP contribution in [0.1, 0.15) is 47.0 Å². The van der Waals surface area contributed by atoms with Crippen LogP contribution in [0.5, 0.6) is 0 Å². The lowest BCUT2D eigenvalue weighted by Gasteiger charge is -2.35. The van der Waals surface area contributed by atoms with Crippen LogP contribution in [0.3, 0.4) is 0 Å². The maximum atomic E-state index is 5.78. The molecular formula is C12H24O. The maximum Gasteiger partial charge on any atom is 0.0603 e. The summed E-state index contributed by atoms with van der Waals surface area (Å²) in [7, 11) is 0. The van der Waals surface area contributed by atoms with Crippen LogP contribution in [0.4, 0.5) is 0 Å². The number of hydrogen-bond acceptors (Lipinski definition) is 1. The van der Waals surface area contributed by atoms with Crippen molar-refractivity contribution >= 4 is 0 Å². The van der Waals surface area contributed by atoms with Gasteiger partial charge in [0, 0.05) is 6.61 Å². The van der Waals surface area contributed by atoms with Gasteiger partial charge < -0.3 is 4.74 Å². The molecule has 13 heavy (non-hydrogen) atoms. The van der Waals surface area contributed by atoms with Gasteiger partial charge in [-0.3, -0.25) is 0 Å². The second-order valence-corrected chi connectivity index (χ2v) is 4.79. The Bertz CT molecular complexity index is 142. The summed E-state index contributed by atoms with van der Waals surface area (Å²) in [4.78, 5) is 0. The Hall–Kier alpha value is -0.0400. The van der Waals surface area contributed by atoms with Crippen molar-refractivity contribution in [3.8, 4) is 0 Å². The summed E-state index contributed by atoms with van der Waals surface area (Å²) >= 11 is 0. The zero-order chi connectivity index (χ0) is 9.84. The summed E-state index contributed by atoms with van der Waals surface area (Å²) in [6.45, 7) is 9.98. The molecule has 2 unspecified atom stereocenters. The first kappa shape index (κ1) is 11.0. The fourth-order valence-corrected chi connectivity index (χ4v) is 2.36. The van der Waals surface area contributed by atoms with E-state index in [-0.39, 0.29) is 0 Å². The van der Waals surface area contributed by atoms with Crippen LogP contribution in [0.15, 0.2) is 0 Å². The predicted octanol–water partition coefficient (Wildman–Crippen LogP) is 3.48. The fourth-order valence-electron chi connectivity index (χ4n) is 2.36. The van der Waals surface area contributed by atoms with E-state index in [0.29, 0.717) is 6.10 Å². The van der Waals surface area contributed by atoms with Crippen molar-refractivity contribution in [2.45, 2.75) is 53.1 Å². The van der Waals surface area contributed by atoms with E-state index in [2.05, 4.69) is 27.7 Å². The van der Waals surface area contributed by atoms with E-state index in [0.717, 1.165) is 24.4 Å². The first-order valence-corrected chi connectivity index (χ1v) is 5.76. The fraction of sp³-hybridized carbons (Fsp3) is 1.00. The molecule has 0 N–H and O–H groups in total. The largest absolute Gasteiger partial charge is 0.378 e. The lowest BCUT2D eigenvalue weighted by Crippen LogP contribution is -2.32. The average Bonchev–Trinajstić information content (AvgIpc) is 2.08. The normalized spacial score (nSPS) is 35.3. The van der Waals surface area contributed by atoms with Crippen molar-refractivity contribution in [2.75, 3.05) is 6.61 Å². The Morgan fingerprint density at radius 3 is 2.54 bits per heavy atom.